The normalized spacial score (nSPS) is 8.62. The number of rotatable bonds is 2. The third-order valence-electron chi connectivity index (χ3n) is 2.20. The Morgan fingerprint density at radius 2 is 1.62 bits per heavy atom. The highest BCUT2D eigenvalue weighted by Crippen LogP contribution is 2.20. The Balaban J connectivity index is 0.000000354. The molecule has 0 aliphatic rings. The summed E-state index contributed by atoms with van der Waals surface area (Å²) in [6.07, 6.45) is 1.65. The lowest BCUT2D eigenvalue weighted by Crippen LogP contribution is -1.96. The zero-order valence-electron chi connectivity index (χ0n) is 13.3. The van der Waals surface area contributed by atoms with E-state index in [4.69, 9.17) is 20.9 Å². The Labute approximate surface area is 126 Å². The van der Waals surface area contributed by atoms with Gasteiger partial charge < -0.3 is 20.9 Å². The van der Waals surface area contributed by atoms with E-state index in [-0.39, 0.29) is 0 Å². The standard InChI is InChI=1S/C7H10N2O2.C6H8N2.C2H6/c1-10-6-4-3-5(8)7(9-6)11-2;1-5-2-3-6(7)4-8-5;1-2/h3-4H,8H2,1-2H3;2-4H,7H2,1H3;1-2H3. The number of ether oxygens (including phenoxy) is 2. The van der Waals surface area contributed by atoms with Crippen LogP contribution in [0.5, 0.6) is 11.8 Å². The summed E-state index contributed by atoms with van der Waals surface area (Å²) in [5.74, 6) is 0.889. The predicted molar refractivity (Wildman–Crippen MR) is 86.5 cm³/mol. The summed E-state index contributed by atoms with van der Waals surface area (Å²) in [5.41, 5.74) is 13.1. The number of aryl methyl sites for hydroxylation is 1. The zero-order chi connectivity index (χ0) is 16.3. The molecule has 0 saturated carbocycles. The van der Waals surface area contributed by atoms with Crippen molar-refractivity contribution in [3.63, 3.8) is 0 Å². The molecule has 0 fully saturated rings. The van der Waals surface area contributed by atoms with Crippen molar-refractivity contribution in [1.82, 2.24) is 9.97 Å². The Bertz CT molecular complexity index is 495. The molecule has 2 heterocycles. The van der Waals surface area contributed by atoms with Crippen molar-refractivity contribution in [2.24, 2.45) is 0 Å². The Hall–Kier alpha value is -2.50. The van der Waals surface area contributed by atoms with Gasteiger partial charge in [-0.15, -0.1) is 0 Å². The molecular formula is C15H24N4O2. The number of anilines is 2. The lowest BCUT2D eigenvalue weighted by Gasteiger charge is -2.04. The minimum atomic E-state index is 0.393. The molecular weight excluding hydrogens is 268 g/mol. The van der Waals surface area contributed by atoms with Gasteiger partial charge in [-0.05, 0) is 25.1 Å². The second kappa shape index (κ2) is 10.3. The fourth-order valence-electron chi connectivity index (χ4n) is 1.19. The second-order valence-electron chi connectivity index (χ2n) is 3.69. The smallest absolute Gasteiger partial charge is 0.240 e. The molecule has 0 unspecified atom stereocenters. The molecule has 2 rings (SSSR count). The number of pyridine rings is 2. The van der Waals surface area contributed by atoms with E-state index in [9.17, 15) is 0 Å². The van der Waals surface area contributed by atoms with Crippen LogP contribution in [0.4, 0.5) is 11.4 Å². The second-order valence-corrected chi connectivity index (χ2v) is 3.69. The van der Waals surface area contributed by atoms with Gasteiger partial charge >= 0.3 is 0 Å². The van der Waals surface area contributed by atoms with Crippen LogP contribution in [0.3, 0.4) is 0 Å². The van der Waals surface area contributed by atoms with Crippen molar-refractivity contribution in [2.75, 3.05) is 25.7 Å². The van der Waals surface area contributed by atoms with Gasteiger partial charge in [0.1, 0.15) is 0 Å². The summed E-state index contributed by atoms with van der Waals surface area (Å²) in [4.78, 5) is 7.89. The van der Waals surface area contributed by atoms with E-state index >= 15 is 0 Å². The molecule has 2 aromatic rings. The van der Waals surface area contributed by atoms with Crippen LogP contribution in [0.25, 0.3) is 0 Å². The zero-order valence-corrected chi connectivity index (χ0v) is 13.3. The fraction of sp³-hybridized carbons (Fsp3) is 0.333. The predicted octanol–water partition coefficient (Wildman–Crippen LogP) is 2.68. The van der Waals surface area contributed by atoms with E-state index in [0.717, 1.165) is 11.4 Å². The molecule has 116 valence electrons. The van der Waals surface area contributed by atoms with Crippen LogP contribution in [0, 0.1) is 6.92 Å². The van der Waals surface area contributed by atoms with Crippen LogP contribution in [0.2, 0.25) is 0 Å². The number of nitrogen functional groups attached to an aromatic ring is 2. The average molecular weight is 292 g/mol. The summed E-state index contributed by atoms with van der Waals surface area (Å²) < 4.78 is 9.74. The summed E-state index contributed by atoms with van der Waals surface area (Å²) in [7, 11) is 3.05. The molecule has 0 aliphatic heterocycles. The third-order valence-corrected chi connectivity index (χ3v) is 2.20. The maximum Gasteiger partial charge on any atom is 0.240 e. The minimum Gasteiger partial charge on any atom is -0.481 e. The van der Waals surface area contributed by atoms with E-state index in [1.807, 2.05) is 32.9 Å². The first-order valence-corrected chi connectivity index (χ1v) is 6.59. The molecule has 4 N–H and O–H groups in total. The fourth-order valence-corrected chi connectivity index (χ4v) is 1.19. The van der Waals surface area contributed by atoms with Crippen molar-refractivity contribution in [3.05, 3.63) is 36.2 Å². The number of aromatic nitrogens is 2. The van der Waals surface area contributed by atoms with Crippen molar-refractivity contribution in [2.45, 2.75) is 20.8 Å². The van der Waals surface area contributed by atoms with E-state index in [1.165, 1.54) is 14.2 Å². The summed E-state index contributed by atoms with van der Waals surface area (Å²) in [6.45, 7) is 5.93. The maximum absolute atomic E-state index is 5.51. The molecule has 0 spiro atoms. The Morgan fingerprint density at radius 3 is 2.05 bits per heavy atom. The van der Waals surface area contributed by atoms with Crippen molar-refractivity contribution in [3.8, 4) is 11.8 Å². The van der Waals surface area contributed by atoms with Gasteiger partial charge in [-0.3, -0.25) is 4.98 Å². The minimum absolute atomic E-state index is 0.393. The lowest BCUT2D eigenvalue weighted by atomic mass is 10.4. The number of hydrogen-bond acceptors (Lipinski definition) is 6. The summed E-state index contributed by atoms with van der Waals surface area (Å²) in [6, 6.07) is 7.08. The molecule has 21 heavy (non-hydrogen) atoms. The van der Waals surface area contributed by atoms with Gasteiger partial charge in [-0.2, -0.15) is 4.98 Å². The molecule has 6 nitrogen and oxygen atoms in total. The van der Waals surface area contributed by atoms with E-state index in [1.54, 1.807) is 18.3 Å². The first-order valence-electron chi connectivity index (χ1n) is 6.59. The van der Waals surface area contributed by atoms with Crippen molar-refractivity contribution >= 4 is 11.4 Å². The highest BCUT2D eigenvalue weighted by atomic mass is 16.5. The van der Waals surface area contributed by atoms with Gasteiger partial charge in [0.2, 0.25) is 11.8 Å². The SMILES string of the molecule is CC.COc1ccc(N)c(OC)n1.Cc1ccc(N)cn1. The van der Waals surface area contributed by atoms with Crippen molar-refractivity contribution < 1.29 is 9.47 Å². The molecule has 0 atom stereocenters. The maximum atomic E-state index is 5.51. The monoisotopic (exact) mass is 292 g/mol. The van der Waals surface area contributed by atoms with Gasteiger partial charge in [0.25, 0.3) is 0 Å². The van der Waals surface area contributed by atoms with Gasteiger partial charge in [-0.25, -0.2) is 0 Å². The van der Waals surface area contributed by atoms with Crippen LogP contribution < -0.4 is 20.9 Å². The molecule has 0 amide bonds. The largest absolute Gasteiger partial charge is 0.481 e. The number of hydrogen-bond donors (Lipinski definition) is 2. The van der Waals surface area contributed by atoms with Gasteiger partial charge in [0.15, 0.2) is 0 Å². The molecule has 0 aromatic carbocycles. The van der Waals surface area contributed by atoms with Crippen molar-refractivity contribution in [1.29, 1.82) is 0 Å². The quantitative estimate of drug-likeness (QED) is 0.883. The molecule has 6 heteroatoms. The average Bonchev–Trinajstić information content (AvgIpc) is 2.53. The molecule has 0 radical (unpaired) electrons. The molecule has 2 aromatic heterocycles. The van der Waals surface area contributed by atoms with Crippen LogP contribution in [0.15, 0.2) is 30.5 Å². The van der Waals surface area contributed by atoms with Gasteiger partial charge in [0, 0.05) is 11.8 Å². The Kier molecular flexibility index (Phi) is 9.08. The molecule has 0 saturated heterocycles. The first kappa shape index (κ1) is 18.5. The summed E-state index contributed by atoms with van der Waals surface area (Å²) >= 11 is 0. The van der Waals surface area contributed by atoms with Crippen LogP contribution >= 0.6 is 0 Å². The highest BCUT2D eigenvalue weighted by Gasteiger charge is 2.01. The molecule has 0 aliphatic carbocycles. The number of methoxy groups -OCH3 is 2. The van der Waals surface area contributed by atoms with E-state index in [0.29, 0.717) is 17.4 Å². The topological polar surface area (TPSA) is 96.3 Å². The van der Waals surface area contributed by atoms with Crippen LogP contribution in [-0.4, -0.2) is 24.2 Å². The Morgan fingerprint density at radius 1 is 0.952 bits per heavy atom. The highest BCUT2D eigenvalue weighted by molar-refractivity contribution is 5.49. The third kappa shape index (κ3) is 7.00. The number of nitrogens with two attached hydrogens (primary N) is 2. The molecule has 0 bridgehead atoms. The van der Waals surface area contributed by atoms with E-state index < -0.39 is 0 Å². The van der Waals surface area contributed by atoms with Gasteiger partial charge in [0.05, 0.1) is 31.8 Å². The first-order chi connectivity index (χ1) is 10.1. The lowest BCUT2D eigenvalue weighted by molar-refractivity contribution is 0.366. The van der Waals surface area contributed by atoms with Crippen LogP contribution in [-0.2, 0) is 0 Å². The van der Waals surface area contributed by atoms with E-state index in [2.05, 4.69) is 9.97 Å². The van der Waals surface area contributed by atoms with Gasteiger partial charge in [-0.1, -0.05) is 13.8 Å². The number of nitrogens with zero attached hydrogens (tertiary/aromatic N) is 2. The summed E-state index contributed by atoms with van der Waals surface area (Å²) in [5, 5.41) is 0. The van der Waals surface area contributed by atoms with Crippen LogP contribution in [0.1, 0.15) is 19.5 Å².